The molecule has 6 N–H and O–H groups in total. The molecule has 0 bridgehead atoms. The molecule has 10 nitrogen and oxygen atoms in total. The maximum Gasteiger partial charge on any atom is 0.342 e. The summed E-state index contributed by atoms with van der Waals surface area (Å²) < 4.78 is 22.6. The van der Waals surface area contributed by atoms with E-state index in [9.17, 15) is 18.7 Å². The molecule has 0 fully saturated rings. The van der Waals surface area contributed by atoms with Crippen molar-refractivity contribution in [3.8, 4) is 0 Å². The monoisotopic (exact) mass is 352 g/mol. The van der Waals surface area contributed by atoms with Crippen LogP contribution in [0.5, 0.6) is 0 Å². The standard InChI is InChI=1S/C7H14O10P2S/c1-7(6(10)11,19(15,16)17)3(2-20)4(5(8)9)18(12,13)14/h3-4,20H,2H2,1H3,(H,8,9)(H,10,11)(H2,12,13,14)(H2,15,16,17). The van der Waals surface area contributed by atoms with Crippen molar-refractivity contribution < 1.29 is 48.5 Å². The first-order valence-corrected chi connectivity index (χ1v) is 8.81. The van der Waals surface area contributed by atoms with Gasteiger partial charge in [0.2, 0.25) is 0 Å². The van der Waals surface area contributed by atoms with Gasteiger partial charge in [0.25, 0.3) is 0 Å². The van der Waals surface area contributed by atoms with Crippen LogP contribution < -0.4 is 0 Å². The van der Waals surface area contributed by atoms with Gasteiger partial charge in [0.15, 0.2) is 10.8 Å². The highest BCUT2D eigenvalue weighted by Gasteiger charge is 2.61. The van der Waals surface area contributed by atoms with E-state index in [-0.39, 0.29) is 0 Å². The molecule has 0 aliphatic carbocycles. The third-order valence-corrected chi connectivity index (χ3v) is 6.39. The number of carbonyl (C=O) groups is 2. The molecule has 0 radical (unpaired) electrons. The highest BCUT2D eigenvalue weighted by Crippen LogP contribution is 2.60. The topological polar surface area (TPSA) is 190 Å². The van der Waals surface area contributed by atoms with E-state index in [1.165, 1.54) is 0 Å². The molecule has 0 aromatic carbocycles. The Hall–Kier alpha value is -0.410. The number of thiol groups is 1. The second kappa shape index (κ2) is 6.15. The summed E-state index contributed by atoms with van der Waals surface area (Å²) in [7, 11) is -10.8. The quantitative estimate of drug-likeness (QED) is 0.225. The summed E-state index contributed by atoms with van der Waals surface area (Å²) >= 11 is 3.59. The van der Waals surface area contributed by atoms with Crippen molar-refractivity contribution in [2.75, 3.05) is 5.75 Å². The molecule has 0 saturated carbocycles. The third kappa shape index (κ3) is 3.62. The molecule has 0 amide bonds. The predicted molar refractivity (Wildman–Crippen MR) is 68.9 cm³/mol. The van der Waals surface area contributed by atoms with Crippen LogP contribution in [0.3, 0.4) is 0 Å². The van der Waals surface area contributed by atoms with Gasteiger partial charge in [-0.25, -0.2) is 0 Å². The average molecular weight is 352 g/mol. The highest BCUT2D eigenvalue weighted by molar-refractivity contribution is 7.80. The molecule has 0 spiro atoms. The minimum atomic E-state index is -5.43. The fraction of sp³-hybridized carbons (Fsp3) is 0.714. The summed E-state index contributed by atoms with van der Waals surface area (Å²) in [4.78, 5) is 58.5. The molecule has 0 aromatic heterocycles. The Kier molecular flexibility index (Phi) is 6.02. The van der Waals surface area contributed by atoms with Crippen LogP contribution in [0.15, 0.2) is 0 Å². The number of carboxylic acids is 2. The van der Waals surface area contributed by atoms with Crippen LogP contribution in [0.4, 0.5) is 0 Å². The van der Waals surface area contributed by atoms with E-state index in [0.29, 0.717) is 6.92 Å². The number of carboxylic acid groups (broad SMARTS) is 2. The molecule has 13 heteroatoms. The van der Waals surface area contributed by atoms with Gasteiger partial charge in [0.05, 0.1) is 0 Å². The zero-order valence-corrected chi connectivity index (χ0v) is 12.7. The molecule has 3 atom stereocenters. The van der Waals surface area contributed by atoms with E-state index < -0.39 is 49.6 Å². The lowest BCUT2D eigenvalue weighted by Crippen LogP contribution is -2.51. The fourth-order valence-corrected chi connectivity index (χ4v) is 4.72. The van der Waals surface area contributed by atoms with Crippen LogP contribution >= 0.6 is 27.8 Å². The van der Waals surface area contributed by atoms with Crippen LogP contribution in [0.2, 0.25) is 0 Å². The average Bonchev–Trinajstić information content (AvgIpc) is 2.19. The van der Waals surface area contributed by atoms with Crippen molar-refractivity contribution in [1.29, 1.82) is 0 Å². The van der Waals surface area contributed by atoms with Crippen molar-refractivity contribution in [1.82, 2.24) is 0 Å². The number of rotatable bonds is 7. The summed E-state index contributed by atoms with van der Waals surface area (Å²) in [6.07, 6.45) is 0. The van der Waals surface area contributed by atoms with E-state index in [0.717, 1.165) is 0 Å². The molecule has 118 valence electrons. The maximum absolute atomic E-state index is 11.4. The predicted octanol–water partition coefficient (Wildman–Crippen LogP) is -0.816. The summed E-state index contributed by atoms with van der Waals surface area (Å²) in [6, 6.07) is 0. The second-order valence-corrected chi connectivity index (χ2v) is 8.27. The second-order valence-electron chi connectivity index (χ2n) is 4.16. The highest BCUT2D eigenvalue weighted by atomic mass is 32.1. The zero-order valence-electron chi connectivity index (χ0n) is 10.0. The van der Waals surface area contributed by atoms with Gasteiger partial charge >= 0.3 is 27.1 Å². The molecular formula is C7H14O10P2S. The van der Waals surface area contributed by atoms with E-state index in [1.807, 2.05) is 0 Å². The number of hydrogen-bond acceptors (Lipinski definition) is 5. The van der Waals surface area contributed by atoms with Crippen molar-refractivity contribution >= 4 is 39.8 Å². The van der Waals surface area contributed by atoms with E-state index in [4.69, 9.17) is 29.8 Å². The lowest BCUT2D eigenvalue weighted by Gasteiger charge is -2.36. The summed E-state index contributed by atoms with van der Waals surface area (Å²) in [5.74, 6) is -7.01. The largest absolute Gasteiger partial charge is 0.481 e. The SMILES string of the molecule is CC(C(=O)O)(C(CS)C(C(=O)O)P(=O)(O)O)P(=O)(O)O. The summed E-state index contributed by atoms with van der Waals surface area (Å²) in [6.45, 7) is 0.530. The van der Waals surface area contributed by atoms with Crippen LogP contribution in [0, 0.1) is 5.92 Å². The Labute approximate surface area is 118 Å². The number of hydrogen-bond donors (Lipinski definition) is 7. The van der Waals surface area contributed by atoms with Crippen LogP contribution in [0.1, 0.15) is 6.92 Å². The van der Waals surface area contributed by atoms with E-state index in [2.05, 4.69) is 12.6 Å². The van der Waals surface area contributed by atoms with E-state index >= 15 is 0 Å². The first kappa shape index (κ1) is 19.6. The van der Waals surface area contributed by atoms with Gasteiger partial charge in [-0.2, -0.15) is 12.6 Å². The van der Waals surface area contributed by atoms with Gasteiger partial charge in [-0.05, 0) is 12.7 Å². The Morgan fingerprint density at radius 1 is 1.15 bits per heavy atom. The summed E-state index contributed by atoms with van der Waals surface area (Å²) in [5, 5.41) is 14.8. The minimum Gasteiger partial charge on any atom is -0.481 e. The molecule has 0 rings (SSSR count). The zero-order chi connectivity index (χ0) is 16.5. The Morgan fingerprint density at radius 2 is 1.55 bits per heavy atom. The van der Waals surface area contributed by atoms with Gasteiger partial charge in [0.1, 0.15) is 0 Å². The molecule has 0 saturated heterocycles. The van der Waals surface area contributed by atoms with Crippen LogP contribution in [0.25, 0.3) is 0 Å². The van der Waals surface area contributed by atoms with Crippen molar-refractivity contribution in [2.45, 2.75) is 17.7 Å². The first-order valence-electron chi connectivity index (χ1n) is 4.89. The molecule has 3 unspecified atom stereocenters. The van der Waals surface area contributed by atoms with Gasteiger partial charge in [-0.15, -0.1) is 0 Å². The normalized spacial score (nSPS) is 18.9. The summed E-state index contributed by atoms with van der Waals surface area (Å²) in [5.41, 5.74) is -2.60. The third-order valence-electron chi connectivity index (χ3n) is 2.95. The molecule has 0 aliphatic rings. The van der Waals surface area contributed by atoms with Crippen LogP contribution in [-0.2, 0) is 18.7 Å². The molecule has 0 aliphatic heterocycles. The lowest BCUT2D eigenvalue weighted by atomic mass is 9.91. The minimum absolute atomic E-state index is 0.530. The molecule has 0 aromatic rings. The Balaban J connectivity index is 6.23. The lowest BCUT2D eigenvalue weighted by molar-refractivity contribution is -0.143. The first-order chi connectivity index (χ1) is 8.71. The van der Waals surface area contributed by atoms with Gasteiger partial charge < -0.3 is 29.8 Å². The fourth-order valence-electron chi connectivity index (χ4n) is 1.63. The van der Waals surface area contributed by atoms with Gasteiger partial charge in [-0.1, -0.05) is 0 Å². The molecule has 20 heavy (non-hydrogen) atoms. The van der Waals surface area contributed by atoms with Gasteiger partial charge in [-0.3, -0.25) is 18.7 Å². The van der Waals surface area contributed by atoms with Crippen molar-refractivity contribution in [2.24, 2.45) is 5.92 Å². The number of aliphatic carboxylic acids is 2. The van der Waals surface area contributed by atoms with E-state index in [1.54, 1.807) is 0 Å². The van der Waals surface area contributed by atoms with Crippen LogP contribution in [-0.4, -0.2) is 58.3 Å². The maximum atomic E-state index is 11.4. The van der Waals surface area contributed by atoms with Gasteiger partial charge in [0, 0.05) is 5.92 Å². The van der Waals surface area contributed by atoms with Crippen molar-refractivity contribution in [3.63, 3.8) is 0 Å². The Morgan fingerprint density at radius 3 is 1.70 bits per heavy atom. The molecular weight excluding hydrogens is 338 g/mol. The van der Waals surface area contributed by atoms with Crippen molar-refractivity contribution in [3.05, 3.63) is 0 Å². The smallest absolute Gasteiger partial charge is 0.342 e. The molecule has 0 heterocycles. The Bertz CT molecular complexity index is 494.